The molecule has 4 rings (SSSR count). The minimum Gasteiger partial charge on any atom is -0.396 e. The van der Waals surface area contributed by atoms with E-state index in [1.807, 2.05) is 42.2 Å². The van der Waals surface area contributed by atoms with E-state index in [0.717, 1.165) is 31.2 Å². The van der Waals surface area contributed by atoms with Crippen LogP contribution in [-0.2, 0) is 25.7 Å². The fourth-order valence-corrected chi connectivity index (χ4v) is 8.13. The van der Waals surface area contributed by atoms with Crippen LogP contribution in [0.2, 0.25) is 0 Å². The molecule has 3 fully saturated rings. The Balaban J connectivity index is 1.75. The first kappa shape index (κ1) is 33.9. The van der Waals surface area contributed by atoms with Crippen LogP contribution in [0.25, 0.3) is 0 Å². The molecule has 3 aliphatic rings. The Morgan fingerprint density at radius 1 is 1.11 bits per heavy atom. The lowest BCUT2D eigenvalue weighted by molar-refractivity contribution is -0.155. The molecule has 0 saturated carbocycles. The first-order valence-corrected chi connectivity index (χ1v) is 16.6. The van der Waals surface area contributed by atoms with Crippen molar-refractivity contribution in [2.45, 2.75) is 102 Å². The van der Waals surface area contributed by atoms with Crippen molar-refractivity contribution >= 4 is 17.7 Å². The third-order valence-electron chi connectivity index (χ3n) is 10.3. The maximum Gasteiger partial charge on any atom is 0.248 e. The lowest BCUT2D eigenvalue weighted by Gasteiger charge is -2.40. The van der Waals surface area contributed by atoms with Gasteiger partial charge < -0.3 is 24.5 Å². The predicted octanol–water partition coefficient (Wildman–Crippen LogP) is 4.97. The summed E-state index contributed by atoms with van der Waals surface area (Å²) in [7, 11) is 0. The van der Waals surface area contributed by atoms with Crippen LogP contribution in [-0.4, -0.2) is 87.1 Å². The third kappa shape index (κ3) is 6.12. The molecule has 242 valence electrons. The molecule has 8 heteroatoms. The Labute approximate surface area is 264 Å². The molecule has 3 heterocycles. The van der Waals surface area contributed by atoms with Crippen molar-refractivity contribution in [2.75, 3.05) is 26.2 Å². The van der Waals surface area contributed by atoms with Gasteiger partial charge in [0, 0.05) is 38.8 Å². The number of hydrogen-bond acceptors (Lipinski definition) is 5. The van der Waals surface area contributed by atoms with Gasteiger partial charge in [0.2, 0.25) is 17.7 Å². The summed E-state index contributed by atoms with van der Waals surface area (Å²) in [5.74, 6) is -1.87. The number of unbranched alkanes of at least 4 members (excludes halogenated alkanes) is 3. The van der Waals surface area contributed by atoms with E-state index >= 15 is 0 Å². The van der Waals surface area contributed by atoms with Crippen LogP contribution < -0.4 is 0 Å². The molecular formula is C36H53N3O5. The van der Waals surface area contributed by atoms with Crippen molar-refractivity contribution in [3.05, 3.63) is 61.2 Å². The highest BCUT2D eigenvalue weighted by molar-refractivity contribution is 5.99. The number of carbonyl (C=O) groups is 3. The van der Waals surface area contributed by atoms with Crippen molar-refractivity contribution in [3.8, 4) is 0 Å². The van der Waals surface area contributed by atoms with E-state index in [4.69, 9.17) is 4.74 Å². The van der Waals surface area contributed by atoms with Gasteiger partial charge in [-0.25, -0.2) is 0 Å². The zero-order valence-corrected chi connectivity index (χ0v) is 27.2. The van der Waals surface area contributed by atoms with Crippen LogP contribution >= 0.6 is 0 Å². The number of aliphatic hydroxyl groups is 1. The van der Waals surface area contributed by atoms with Gasteiger partial charge in [-0.2, -0.15) is 0 Å². The van der Waals surface area contributed by atoms with E-state index in [9.17, 15) is 19.5 Å². The number of amides is 3. The average Bonchev–Trinajstić information content (AvgIpc) is 3.51. The van der Waals surface area contributed by atoms with Crippen molar-refractivity contribution in [1.29, 1.82) is 0 Å². The minimum atomic E-state index is -1.08. The van der Waals surface area contributed by atoms with Gasteiger partial charge in [0.1, 0.15) is 11.6 Å². The molecule has 1 spiro atoms. The highest BCUT2D eigenvalue weighted by Crippen LogP contribution is 2.65. The van der Waals surface area contributed by atoms with E-state index in [-0.39, 0.29) is 36.3 Å². The molecule has 1 aromatic rings. The summed E-state index contributed by atoms with van der Waals surface area (Å²) < 4.78 is 7.00. The predicted molar refractivity (Wildman–Crippen MR) is 172 cm³/mol. The van der Waals surface area contributed by atoms with Crippen LogP contribution in [0.3, 0.4) is 0 Å². The molecule has 8 nitrogen and oxygen atoms in total. The normalized spacial score (nSPS) is 29.4. The van der Waals surface area contributed by atoms with Crippen LogP contribution in [0.15, 0.2) is 55.6 Å². The van der Waals surface area contributed by atoms with Gasteiger partial charge in [-0.05, 0) is 51.0 Å². The topological polar surface area (TPSA) is 90.4 Å². The minimum absolute atomic E-state index is 0.0245. The Morgan fingerprint density at radius 2 is 1.80 bits per heavy atom. The van der Waals surface area contributed by atoms with Gasteiger partial charge in [0.05, 0.1) is 17.4 Å². The second kappa shape index (κ2) is 14.4. The summed E-state index contributed by atoms with van der Waals surface area (Å²) in [6.07, 6.45) is 8.89. The first-order valence-electron chi connectivity index (χ1n) is 16.6. The second-order valence-electron chi connectivity index (χ2n) is 13.3. The Bertz CT molecular complexity index is 1190. The molecule has 3 amide bonds. The Hall–Kier alpha value is -2.97. The van der Waals surface area contributed by atoms with Crippen LogP contribution in [0, 0.1) is 17.8 Å². The van der Waals surface area contributed by atoms with E-state index in [1.165, 1.54) is 0 Å². The number of nitrogens with zero attached hydrogens (tertiary/aromatic N) is 3. The lowest BCUT2D eigenvalue weighted by atomic mass is 9.62. The second-order valence-corrected chi connectivity index (χ2v) is 13.3. The molecular weight excluding hydrogens is 554 g/mol. The maximum absolute atomic E-state index is 14.7. The zero-order chi connectivity index (χ0) is 32.1. The Kier molecular flexibility index (Phi) is 11.1. The van der Waals surface area contributed by atoms with E-state index in [2.05, 4.69) is 33.9 Å². The van der Waals surface area contributed by atoms with Gasteiger partial charge in [-0.3, -0.25) is 14.4 Å². The molecule has 1 aromatic carbocycles. The summed E-state index contributed by atoms with van der Waals surface area (Å²) >= 11 is 0. The molecule has 2 bridgehead atoms. The van der Waals surface area contributed by atoms with Crippen molar-refractivity contribution < 1.29 is 24.2 Å². The van der Waals surface area contributed by atoms with Crippen LogP contribution in [0.5, 0.6) is 0 Å². The number of benzene rings is 1. The molecule has 3 aliphatic heterocycles. The average molecular weight is 608 g/mol. The summed E-state index contributed by atoms with van der Waals surface area (Å²) in [4.78, 5) is 49.3. The van der Waals surface area contributed by atoms with Crippen molar-refractivity contribution in [2.24, 2.45) is 17.8 Å². The largest absolute Gasteiger partial charge is 0.396 e. The molecule has 4 unspecified atom stereocenters. The first-order chi connectivity index (χ1) is 21.1. The molecule has 3 saturated heterocycles. The van der Waals surface area contributed by atoms with E-state index in [1.54, 1.807) is 22.0 Å². The fraction of sp³-hybridized carbons (Fsp3) is 0.639. The van der Waals surface area contributed by atoms with Gasteiger partial charge in [0.15, 0.2) is 0 Å². The SMILES string of the molecule is C=CCN(Cc1ccccc1)C(=O)[C@H]1[C@H]2C(=O)N(CCCCCCO)C(C(=O)N(CC=C)C(C)CCC)C23CC(C)[C@]1(C)O3. The van der Waals surface area contributed by atoms with Gasteiger partial charge >= 0.3 is 0 Å². The molecule has 1 N–H and O–H groups in total. The van der Waals surface area contributed by atoms with Crippen molar-refractivity contribution in [3.63, 3.8) is 0 Å². The summed E-state index contributed by atoms with van der Waals surface area (Å²) in [5, 5.41) is 9.25. The number of likely N-dealkylation sites (tertiary alicyclic amines) is 1. The van der Waals surface area contributed by atoms with Crippen LogP contribution in [0.1, 0.15) is 78.2 Å². The Morgan fingerprint density at radius 3 is 2.43 bits per heavy atom. The summed E-state index contributed by atoms with van der Waals surface area (Å²) in [6, 6.07) is 9.01. The third-order valence-corrected chi connectivity index (χ3v) is 10.3. The zero-order valence-electron chi connectivity index (χ0n) is 27.2. The molecule has 7 atom stereocenters. The molecule has 44 heavy (non-hydrogen) atoms. The quantitative estimate of drug-likeness (QED) is 0.200. The van der Waals surface area contributed by atoms with Gasteiger partial charge in [-0.15, -0.1) is 13.2 Å². The number of carbonyl (C=O) groups excluding carboxylic acids is 3. The number of aliphatic hydroxyl groups excluding tert-OH is 1. The summed E-state index contributed by atoms with van der Waals surface area (Å²) in [6.45, 7) is 17.7. The van der Waals surface area contributed by atoms with E-state index in [0.29, 0.717) is 45.4 Å². The number of fused-ring (bicyclic) bond motifs is 1. The molecule has 0 aromatic heterocycles. The van der Waals surface area contributed by atoms with Gasteiger partial charge in [0.25, 0.3) is 0 Å². The standard InChI is InChI=1S/C36H53N3O5/c1-7-17-27(5)38(21-9-3)34(43)31-36-24-26(4)35(6,44-36)29(30(36)33(42)39(31)22-15-10-11-16-23-40)32(41)37(20-8-2)25-28-18-13-12-14-19-28/h8-9,12-14,18-19,26-27,29-31,40H,2-3,7,10-11,15-17,20-25H2,1,4-6H3/t26?,27?,29-,30+,31?,35+,36?/m1/s1. The number of rotatable bonds is 17. The van der Waals surface area contributed by atoms with E-state index < -0.39 is 29.1 Å². The van der Waals surface area contributed by atoms with Gasteiger partial charge in [-0.1, -0.05) is 75.6 Å². The number of hydrogen-bond donors (Lipinski definition) is 1. The number of ether oxygens (including phenoxy) is 1. The fourth-order valence-electron chi connectivity index (χ4n) is 8.13. The highest BCUT2D eigenvalue weighted by Gasteiger charge is 2.80. The molecule has 0 aliphatic carbocycles. The summed E-state index contributed by atoms with van der Waals surface area (Å²) in [5.41, 5.74) is -0.955. The maximum atomic E-state index is 14.7. The van der Waals surface area contributed by atoms with Crippen LogP contribution in [0.4, 0.5) is 0 Å². The lowest BCUT2D eigenvalue weighted by Crippen LogP contribution is -2.58. The highest BCUT2D eigenvalue weighted by atomic mass is 16.5. The monoisotopic (exact) mass is 607 g/mol. The smallest absolute Gasteiger partial charge is 0.248 e. The molecule has 0 radical (unpaired) electrons. The van der Waals surface area contributed by atoms with Crippen molar-refractivity contribution in [1.82, 2.24) is 14.7 Å².